The molecule has 2 aliphatic rings. The van der Waals surface area contributed by atoms with E-state index in [4.69, 9.17) is 4.74 Å². The molecule has 2 aliphatic heterocycles. The number of amides is 6. The Morgan fingerprint density at radius 1 is 0.418 bits per heavy atom. The molecule has 0 aromatic heterocycles. The number of anilines is 2. The maximum Gasteiger partial charge on any atom is 0.255 e. The molecule has 0 aliphatic carbocycles. The number of carbonyl (C=O) groups is 6. The van der Waals surface area contributed by atoms with Gasteiger partial charge >= 0.3 is 0 Å². The second-order valence-corrected chi connectivity index (χ2v) is 25.2. The SMILES string of the molecule is CCN(CC)c1ccc2c(c1)Oc1cc(N(CC)CC)ccc1C21c2ccccc2C(=O)N1CCNC(=O)[C@H](Cc1ccccc1)NC(=O)[C@H](Cc1ccccc1)NC(=O)[C@H](Cc1ccccc1)NC(=O)[C@H](Cc1ccccc1)NC(=O)c1ccc2ccc3cccc4ccc1c2c34. The first kappa shape index (κ1) is 65.3. The van der Waals surface area contributed by atoms with E-state index in [-0.39, 0.29) is 44.7 Å². The highest BCUT2D eigenvalue weighted by Crippen LogP contribution is 2.58. The zero-order chi connectivity index (χ0) is 67.9. The van der Waals surface area contributed by atoms with Crippen LogP contribution in [0.25, 0.3) is 32.3 Å². The van der Waals surface area contributed by atoms with Crippen molar-refractivity contribution in [2.75, 3.05) is 49.1 Å². The summed E-state index contributed by atoms with van der Waals surface area (Å²) in [7, 11) is 0. The van der Waals surface area contributed by atoms with Crippen molar-refractivity contribution in [3.8, 4) is 11.5 Å². The molecule has 0 fully saturated rings. The lowest BCUT2D eigenvalue weighted by molar-refractivity contribution is -0.134. The summed E-state index contributed by atoms with van der Waals surface area (Å²) in [5.41, 5.74) is 7.16. The van der Waals surface area contributed by atoms with Crippen molar-refractivity contribution in [1.29, 1.82) is 0 Å². The Hall–Kier alpha value is -11.3. The van der Waals surface area contributed by atoms with Crippen LogP contribution in [-0.2, 0) is 50.4 Å². The van der Waals surface area contributed by atoms with Crippen molar-refractivity contribution in [2.45, 2.75) is 83.1 Å². The Kier molecular flexibility index (Phi) is 19.3. The van der Waals surface area contributed by atoms with Gasteiger partial charge in [0.25, 0.3) is 11.8 Å². The van der Waals surface area contributed by atoms with E-state index in [9.17, 15) is 4.79 Å². The average Bonchev–Trinajstić information content (AvgIpc) is 1.47. The molecule has 6 amide bonds. The fraction of sp³-hybridized carbons (Fsp3) is 0.229. The van der Waals surface area contributed by atoms with Gasteiger partial charge in [-0.2, -0.15) is 0 Å². The normalized spacial score (nSPS) is 13.9. The number of rotatable bonds is 26. The summed E-state index contributed by atoms with van der Waals surface area (Å²) in [5, 5.41) is 21.2. The first-order valence-electron chi connectivity index (χ1n) is 34.1. The van der Waals surface area contributed by atoms with E-state index in [0.29, 0.717) is 22.6 Å². The molecule has 494 valence electrons. The molecule has 1 spiro atoms. The smallest absolute Gasteiger partial charge is 0.255 e. The topological polar surface area (TPSA) is 182 Å². The van der Waals surface area contributed by atoms with Gasteiger partial charge in [0.05, 0.1) is 0 Å². The molecular formula is C83H80N8O7. The molecule has 0 bridgehead atoms. The minimum absolute atomic E-state index is 0.00266. The average molecular weight is 1300 g/mol. The zero-order valence-corrected chi connectivity index (χ0v) is 55.6. The van der Waals surface area contributed by atoms with Gasteiger partial charge in [-0.1, -0.05) is 200 Å². The van der Waals surface area contributed by atoms with Crippen LogP contribution < -0.4 is 41.1 Å². The highest BCUT2D eigenvalue weighted by atomic mass is 16.5. The van der Waals surface area contributed by atoms with Gasteiger partial charge < -0.3 is 46.0 Å². The van der Waals surface area contributed by atoms with Gasteiger partial charge in [0.15, 0.2) is 0 Å². The van der Waals surface area contributed by atoms with Crippen molar-refractivity contribution in [2.24, 2.45) is 0 Å². The summed E-state index contributed by atoms with van der Waals surface area (Å²) in [5.74, 6) is -1.82. The Balaban J connectivity index is 0.786. The molecule has 15 heteroatoms. The number of nitrogens with zero attached hydrogens (tertiary/aromatic N) is 3. The van der Waals surface area contributed by atoms with Crippen molar-refractivity contribution < 1.29 is 33.5 Å². The molecule has 0 saturated heterocycles. The van der Waals surface area contributed by atoms with Crippen LogP contribution >= 0.6 is 0 Å². The van der Waals surface area contributed by atoms with E-state index in [1.807, 2.05) is 175 Å². The first-order valence-corrected chi connectivity index (χ1v) is 34.1. The van der Waals surface area contributed by atoms with Crippen LogP contribution in [0.1, 0.15) is 87.4 Å². The van der Waals surface area contributed by atoms with Crippen LogP contribution in [0, 0.1) is 0 Å². The van der Waals surface area contributed by atoms with Gasteiger partial charge in [0.1, 0.15) is 41.2 Å². The van der Waals surface area contributed by atoms with Crippen LogP contribution in [-0.4, -0.2) is 104 Å². The molecule has 4 atom stereocenters. The largest absolute Gasteiger partial charge is 0.456 e. The van der Waals surface area contributed by atoms with Crippen molar-refractivity contribution in [3.05, 3.63) is 287 Å². The molecular weight excluding hydrogens is 1220 g/mol. The molecule has 98 heavy (non-hydrogen) atoms. The van der Waals surface area contributed by atoms with Gasteiger partial charge in [0, 0.05) is 111 Å². The van der Waals surface area contributed by atoms with Gasteiger partial charge in [-0.25, -0.2) is 0 Å². The lowest BCUT2D eigenvalue weighted by Gasteiger charge is -2.45. The van der Waals surface area contributed by atoms with E-state index in [2.05, 4.69) is 125 Å². The van der Waals surface area contributed by atoms with Gasteiger partial charge in [-0.05, 0) is 112 Å². The second-order valence-electron chi connectivity index (χ2n) is 25.2. The fourth-order valence-corrected chi connectivity index (χ4v) is 14.5. The summed E-state index contributed by atoms with van der Waals surface area (Å²) in [6.45, 7) is 11.7. The zero-order valence-electron chi connectivity index (χ0n) is 55.6. The quantitative estimate of drug-likeness (QED) is 0.0330. The highest BCUT2D eigenvalue weighted by Gasteiger charge is 2.56. The van der Waals surface area contributed by atoms with Gasteiger partial charge in [-0.15, -0.1) is 0 Å². The molecule has 13 rings (SSSR count). The predicted molar refractivity (Wildman–Crippen MR) is 388 cm³/mol. The predicted octanol–water partition coefficient (Wildman–Crippen LogP) is 12.5. The number of fused-ring (bicyclic) bond motifs is 6. The van der Waals surface area contributed by atoms with E-state index >= 15 is 24.0 Å². The number of hydrogen-bond acceptors (Lipinski definition) is 9. The number of carbonyl (C=O) groups excluding carboxylic acids is 6. The second kappa shape index (κ2) is 28.9. The Morgan fingerprint density at radius 2 is 0.827 bits per heavy atom. The summed E-state index contributed by atoms with van der Waals surface area (Å²) >= 11 is 0. The van der Waals surface area contributed by atoms with Crippen LogP contribution in [0.5, 0.6) is 11.5 Å². The van der Waals surface area contributed by atoms with E-state index in [1.165, 1.54) is 0 Å². The Labute approximate surface area is 571 Å². The summed E-state index contributed by atoms with van der Waals surface area (Å²) in [4.78, 5) is 97.4. The standard InChI is InChI=1S/C83H80N8O7/c1-5-89(6-2)61-40-44-67-73(52-61)98-74-53-62(90(7-3)8-4)41-45-68(74)83(67)66-35-22-21-34-65(66)82(97)91(83)47-46-84-78(93)69(48-54-24-13-9-14-25-54)86-80(95)71(50-56-28-17-11-18-29-56)88-81(96)72(51-57-30-19-12-20-31-57)87-79(94)70(49-55-26-15-10-16-27-55)85-77(92)64-43-39-60-37-36-58-32-23-33-59-38-42-63(64)76(60)75(58)59/h9-45,52-53,69-72H,5-8,46-51H2,1-4H3,(H,84,93)(H,85,92)(H,86,95)(H,87,94)(H,88,96)/t69-,70-,71-,72-/m0/s1. The first-order chi connectivity index (χ1) is 47.9. The molecule has 0 unspecified atom stereocenters. The summed E-state index contributed by atoms with van der Waals surface area (Å²) in [6, 6.07) is 70.5. The molecule has 15 nitrogen and oxygen atoms in total. The van der Waals surface area contributed by atoms with Crippen LogP contribution in [0.3, 0.4) is 0 Å². The Morgan fingerprint density at radius 3 is 1.30 bits per heavy atom. The third-order valence-corrected chi connectivity index (χ3v) is 19.4. The van der Waals surface area contributed by atoms with Crippen LogP contribution in [0.4, 0.5) is 11.4 Å². The van der Waals surface area contributed by atoms with Crippen molar-refractivity contribution >= 4 is 79.1 Å². The van der Waals surface area contributed by atoms with Gasteiger partial charge in [0.2, 0.25) is 23.6 Å². The number of hydrogen-bond donors (Lipinski definition) is 5. The van der Waals surface area contributed by atoms with Crippen molar-refractivity contribution in [3.63, 3.8) is 0 Å². The van der Waals surface area contributed by atoms with E-state index in [0.717, 1.165) is 109 Å². The summed E-state index contributed by atoms with van der Waals surface area (Å²) < 4.78 is 6.95. The Bertz CT molecular complexity index is 4640. The number of ether oxygens (including phenoxy) is 1. The van der Waals surface area contributed by atoms with E-state index < -0.39 is 59.2 Å². The molecule has 0 radical (unpaired) electrons. The lowest BCUT2D eigenvalue weighted by atomic mass is 9.74. The third-order valence-electron chi connectivity index (χ3n) is 19.4. The number of nitrogens with one attached hydrogen (secondary N) is 5. The van der Waals surface area contributed by atoms with Gasteiger partial charge in [-0.3, -0.25) is 28.8 Å². The minimum atomic E-state index is -1.26. The molecule has 11 aromatic carbocycles. The molecule has 0 saturated carbocycles. The highest BCUT2D eigenvalue weighted by molar-refractivity contribution is 6.26. The van der Waals surface area contributed by atoms with Crippen LogP contribution in [0.15, 0.2) is 237 Å². The van der Waals surface area contributed by atoms with Crippen molar-refractivity contribution in [1.82, 2.24) is 31.5 Å². The third kappa shape index (κ3) is 13.1. The molecule has 2 heterocycles. The van der Waals surface area contributed by atoms with Crippen LogP contribution in [0.2, 0.25) is 0 Å². The van der Waals surface area contributed by atoms with E-state index in [1.54, 1.807) is 6.07 Å². The summed E-state index contributed by atoms with van der Waals surface area (Å²) in [6.07, 6.45) is 0.238. The number of benzene rings is 11. The maximum absolute atomic E-state index is 15.3. The minimum Gasteiger partial charge on any atom is -0.456 e. The lowest BCUT2D eigenvalue weighted by Crippen LogP contribution is -2.59. The molecule has 11 aromatic rings. The molecule has 5 N–H and O–H groups in total. The monoisotopic (exact) mass is 1300 g/mol. The maximum atomic E-state index is 15.3. The fourth-order valence-electron chi connectivity index (χ4n) is 14.5.